The maximum atomic E-state index is 12.8. The summed E-state index contributed by atoms with van der Waals surface area (Å²) in [5, 5.41) is 17.1. The Labute approximate surface area is 212 Å². The van der Waals surface area contributed by atoms with Crippen molar-refractivity contribution in [3.05, 3.63) is 0 Å². The molecule has 12 N–H and O–H groups in total. The molecule has 0 saturated heterocycles. The van der Waals surface area contributed by atoms with Gasteiger partial charge in [-0.2, -0.15) is 12.6 Å². The van der Waals surface area contributed by atoms with Crippen LogP contribution in [0.25, 0.3) is 0 Å². The summed E-state index contributed by atoms with van der Waals surface area (Å²) < 4.78 is 0. The highest BCUT2D eigenvalue weighted by Gasteiger charge is 2.30. The number of aliphatic imine (C=N–C) groups is 1. The summed E-state index contributed by atoms with van der Waals surface area (Å²) in [4.78, 5) is 53.4. The van der Waals surface area contributed by atoms with Crippen LogP contribution >= 0.6 is 12.6 Å². The Morgan fingerprint density at radius 2 is 1.46 bits per heavy atom. The molecule has 0 aliphatic carbocycles. The minimum Gasteiger partial charge on any atom is -0.480 e. The fourth-order valence-corrected chi connectivity index (χ4v) is 3.38. The number of hydrogen-bond acceptors (Lipinski definition) is 8. The topological polar surface area (TPSA) is 241 Å². The molecule has 0 heterocycles. The fraction of sp³-hybridized carbons (Fsp3) is 0.762. The third-order valence-corrected chi connectivity index (χ3v) is 5.39. The molecule has 0 rings (SSSR count). The van der Waals surface area contributed by atoms with Gasteiger partial charge in [0.15, 0.2) is 5.96 Å². The van der Waals surface area contributed by atoms with E-state index in [9.17, 15) is 24.3 Å². The number of rotatable bonds is 18. The maximum Gasteiger partial charge on any atom is 0.326 e. The van der Waals surface area contributed by atoms with Crippen LogP contribution in [-0.4, -0.2) is 77.8 Å². The zero-order valence-corrected chi connectivity index (χ0v) is 21.4. The number of nitrogens with two attached hydrogens (primary N) is 4. The lowest BCUT2D eigenvalue weighted by Crippen LogP contribution is -2.57. The number of guanidine groups is 1. The minimum atomic E-state index is -1.17. The summed E-state index contributed by atoms with van der Waals surface area (Å²) in [7, 11) is 0. The Morgan fingerprint density at radius 3 is 1.97 bits per heavy atom. The van der Waals surface area contributed by atoms with Gasteiger partial charge in [-0.3, -0.25) is 19.4 Å². The van der Waals surface area contributed by atoms with Crippen molar-refractivity contribution < 1.29 is 24.3 Å². The summed E-state index contributed by atoms with van der Waals surface area (Å²) in [5.74, 6) is -3.04. The first-order valence-corrected chi connectivity index (χ1v) is 12.3. The molecule has 4 atom stereocenters. The van der Waals surface area contributed by atoms with Crippen molar-refractivity contribution in [3.8, 4) is 0 Å². The zero-order valence-electron chi connectivity index (χ0n) is 20.5. The van der Waals surface area contributed by atoms with E-state index in [-0.39, 0.29) is 30.5 Å². The van der Waals surface area contributed by atoms with E-state index in [0.29, 0.717) is 38.8 Å². The second kappa shape index (κ2) is 17.8. The van der Waals surface area contributed by atoms with E-state index in [0.717, 1.165) is 0 Å². The van der Waals surface area contributed by atoms with Crippen LogP contribution in [0.5, 0.6) is 0 Å². The molecule has 0 aromatic heterocycles. The van der Waals surface area contributed by atoms with E-state index >= 15 is 0 Å². The van der Waals surface area contributed by atoms with Gasteiger partial charge < -0.3 is 44.0 Å². The van der Waals surface area contributed by atoms with E-state index in [2.05, 4.69) is 33.6 Å². The lowest BCUT2D eigenvalue weighted by molar-refractivity contribution is -0.142. The predicted molar refractivity (Wildman–Crippen MR) is 138 cm³/mol. The molecule has 0 radical (unpaired) electrons. The number of aliphatic carboxylic acids is 1. The van der Waals surface area contributed by atoms with Crippen molar-refractivity contribution in [2.24, 2.45) is 33.8 Å². The molecule has 3 amide bonds. The van der Waals surface area contributed by atoms with Crippen LogP contribution in [-0.2, 0) is 19.2 Å². The standard InChI is InChI=1S/C21H42N8O5S/c1-12(2)10-15(18(31)27-14(20(33)34)7-3-4-8-22)28-19(32)16(11-35)29-17(30)13(23)6-5-9-26-21(24)25/h12-16,35H,3-11,22-23H2,1-2H3,(H,27,31)(H,28,32)(H,29,30)(H,33,34)(H4,24,25,26). The average Bonchev–Trinajstić information content (AvgIpc) is 2.78. The van der Waals surface area contributed by atoms with Gasteiger partial charge in [-0.15, -0.1) is 0 Å². The number of thiol groups is 1. The predicted octanol–water partition coefficient (Wildman–Crippen LogP) is -1.99. The summed E-state index contributed by atoms with van der Waals surface area (Å²) in [6, 6.07) is -4.03. The number of nitrogens with zero attached hydrogens (tertiary/aromatic N) is 1. The lowest BCUT2D eigenvalue weighted by Gasteiger charge is -2.25. The van der Waals surface area contributed by atoms with Crippen LogP contribution in [0.3, 0.4) is 0 Å². The second-order valence-corrected chi connectivity index (χ2v) is 9.04. The molecule has 0 aromatic carbocycles. The number of nitrogens with one attached hydrogen (secondary N) is 3. The van der Waals surface area contributed by atoms with E-state index in [1.54, 1.807) is 0 Å². The SMILES string of the molecule is CC(C)CC(NC(=O)C(CS)NC(=O)C(N)CCCN=C(N)N)C(=O)NC(CCCCN)C(=O)O. The summed E-state index contributed by atoms with van der Waals surface area (Å²) in [6.45, 7) is 4.46. The molecule has 202 valence electrons. The summed E-state index contributed by atoms with van der Waals surface area (Å²) in [6.07, 6.45) is 2.42. The molecule has 14 heteroatoms. The Morgan fingerprint density at radius 1 is 0.886 bits per heavy atom. The summed E-state index contributed by atoms with van der Waals surface area (Å²) >= 11 is 4.13. The number of amides is 3. The van der Waals surface area contributed by atoms with Gasteiger partial charge in [0.2, 0.25) is 17.7 Å². The first kappa shape index (κ1) is 32.4. The van der Waals surface area contributed by atoms with Gasteiger partial charge in [-0.1, -0.05) is 13.8 Å². The largest absolute Gasteiger partial charge is 0.480 e. The van der Waals surface area contributed by atoms with Gasteiger partial charge in [0, 0.05) is 12.3 Å². The quantitative estimate of drug-likeness (QED) is 0.0421. The van der Waals surface area contributed by atoms with Gasteiger partial charge in [-0.25, -0.2) is 4.79 Å². The monoisotopic (exact) mass is 518 g/mol. The zero-order chi connectivity index (χ0) is 27.0. The molecule has 0 aliphatic heterocycles. The van der Waals surface area contributed by atoms with Gasteiger partial charge in [0.1, 0.15) is 18.1 Å². The van der Waals surface area contributed by atoms with E-state index in [1.165, 1.54) is 0 Å². The minimum absolute atomic E-state index is 0.0225. The Hall–Kier alpha value is -2.58. The number of unbranched alkanes of at least 4 members (excludes halogenated alkanes) is 1. The highest BCUT2D eigenvalue weighted by atomic mass is 32.1. The molecule has 0 bridgehead atoms. The van der Waals surface area contributed by atoms with Crippen molar-refractivity contribution >= 4 is 42.3 Å². The fourth-order valence-electron chi connectivity index (χ4n) is 3.12. The average molecular weight is 519 g/mol. The number of carbonyl (C=O) groups excluding carboxylic acids is 3. The highest BCUT2D eigenvalue weighted by molar-refractivity contribution is 7.80. The number of carboxylic acid groups (broad SMARTS) is 1. The second-order valence-electron chi connectivity index (χ2n) is 8.67. The van der Waals surface area contributed by atoms with E-state index in [4.69, 9.17) is 22.9 Å². The molecule has 0 aromatic rings. The van der Waals surface area contributed by atoms with Crippen molar-refractivity contribution in [2.45, 2.75) is 76.5 Å². The Bertz CT molecular complexity index is 718. The maximum absolute atomic E-state index is 12.8. The van der Waals surface area contributed by atoms with Crippen LogP contribution < -0.4 is 38.9 Å². The molecule has 0 saturated carbocycles. The van der Waals surface area contributed by atoms with Crippen LogP contribution in [0.1, 0.15) is 52.4 Å². The normalized spacial score (nSPS) is 14.3. The van der Waals surface area contributed by atoms with Crippen molar-refractivity contribution in [3.63, 3.8) is 0 Å². The highest BCUT2D eigenvalue weighted by Crippen LogP contribution is 2.08. The van der Waals surface area contributed by atoms with Gasteiger partial charge >= 0.3 is 5.97 Å². The number of hydrogen-bond donors (Lipinski definition) is 9. The van der Waals surface area contributed by atoms with Gasteiger partial charge in [0.05, 0.1) is 6.04 Å². The van der Waals surface area contributed by atoms with E-state index in [1.807, 2.05) is 13.8 Å². The van der Waals surface area contributed by atoms with Crippen molar-refractivity contribution in [1.29, 1.82) is 0 Å². The van der Waals surface area contributed by atoms with Crippen LogP contribution in [0, 0.1) is 5.92 Å². The smallest absolute Gasteiger partial charge is 0.326 e. The molecular weight excluding hydrogens is 476 g/mol. The summed E-state index contributed by atoms with van der Waals surface area (Å²) in [5.41, 5.74) is 21.8. The Balaban J connectivity index is 5.12. The van der Waals surface area contributed by atoms with Gasteiger partial charge in [0.25, 0.3) is 0 Å². The number of carboxylic acids is 1. The van der Waals surface area contributed by atoms with Crippen LogP contribution in [0.15, 0.2) is 4.99 Å². The van der Waals surface area contributed by atoms with Crippen LogP contribution in [0.4, 0.5) is 0 Å². The molecule has 0 fully saturated rings. The van der Waals surface area contributed by atoms with E-state index < -0.39 is 47.9 Å². The molecule has 13 nitrogen and oxygen atoms in total. The molecule has 0 aliphatic rings. The first-order valence-electron chi connectivity index (χ1n) is 11.7. The van der Waals surface area contributed by atoms with Crippen molar-refractivity contribution in [1.82, 2.24) is 16.0 Å². The molecular formula is C21H42N8O5S. The third kappa shape index (κ3) is 14.4. The lowest BCUT2D eigenvalue weighted by atomic mass is 10.0. The Kier molecular flexibility index (Phi) is 16.5. The third-order valence-electron chi connectivity index (χ3n) is 5.02. The van der Waals surface area contributed by atoms with Crippen LogP contribution in [0.2, 0.25) is 0 Å². The van der Waals surface area contributed by atoms with Gasteiger partial charge in [-0.05, 0) is 51.0 Å². The molecule has 4 unspecified atom stereocenters. The molecule has 0 spiro atoms. The molecule has 35 heavy (non-hydrogen) atoms. The van der Waals surface area contributed by atoms with Crippen molar-refractivity contribution in [2.75, 3.05) is 18.8 Å². The first-order chi connectivity index (χ1) is 16.4. The number of carbonyl (C=O) groups is 4.